The molecule has 1 aromatic carbocycles. The van der Waals surface area contributed by atoms with Gasteiger partial charge in [-0.25, -0.2) is 0 Å². The average molecular weight is 336 g/mol. The Hall–Kier alpha value is -2.16. The van der Waals surface area contributed by atoms with Gasteiger partial charge in [-0.2, -0.15) is 0 Å². The van der Waals surface area contributed by atoms with Gasteiger partial charge in [-0.05, 0) is 62.1 Å². The molecule has 0 saturated heterocycles. The van der Waals surface area contributed by atoms with E-state index in [-0.39, 0.29) is 11.4 Å². The Balaban J connectivity index is 1.78. The quantitative estimate of drug-likeness (QED) is 0.852. The van der Waals surface area contributed by atoms with Crippen LogP contribution in [0.3, 0.4) is 0 Å². The standard InChI is InChI=1S/C22H28N2O/c1-16(2)13-22(3,14-17-8-5-4-6-9-17)24-21(25)19-12-18-10-7-11-20(18)23-15-19/h4-6,8-9,12,15-16H,7,10-11,13-14H2,1-3H3,(H,24,25). The average Bonchev–Trinajstić information content (AvgIpc) is 3.02. The Morgan fingerprint density at radius 1 is 1.24 bits per heavy atom. The Bertz CT molecular complexity index is 739. The topological polar surface area (TPSA) is 42.0 Å². The molecule has 2 aromatic rings. The predicted octanol–water partition coefficient (Wildman–Crippen LogP) is 4.35. The van der Waals surface area contributed by atoms with Crippen LogP contribution in [-0.4, -0.2) is 16.4 Å². The maximum atomic E-state index is 12.9. The molecule has 25 heavy (non-hydrogen) atoms. The monoisotopic (exact) mass is 336 g/mol. The third-order valence-electron chi connectivity index (χ3n) is 4.89. The highest BCUT2D eigenvalue weighted by atomic mass is 16.1. The number of pyridine rings is 1. The molecule has 0 radical (unpaired) electrons. The maximum absolute atomic E-state index is 12.9. The van der Waals surface area contributed by atoms with Crippen molar-refractivity contribution in [1.82, 2.24) is 10.3 Å². The summed E-state index contributed by atoms with van der Waals surface area (Å²) in [5, 5.41) is 3.30. The van der Waals surface area contributed by atoms with Crippen LogP contribution in [-0.2, 0) is 19.3 Å². The van der Waals surface area contributed by atoms with Crippen LogP contribution in [0.15, 0.2) is 42.6 Å². The van der Waals surface area contributed by atoms with E-state index in [0.29, 0.717) is 11.5 Å². The first-order chi connectivity index (χ1) is 12.0. The number of carbonyl (C=O) groups is 1. The molecule has 0 saturated carbocycles. The minimum atomic E-state index is -0.272. The Kier molecular flexibility index (Phi) is 5.22. The summed E-state index contributed by atoms with van der Waals surface area (Å²) < 4.78 is 0. The van der Waals surface area contributed by atoms with Crippen LogP contribution in [0.1, 0.15) is 60.8 Å². The summed E-state index contributed by atoms with van der Waals surface area (Å²) in [7, 11) is 0. The number of carbonyl (C=O) groups excluding carboxylic acids is 1. The first-order valence-corrected chi connectivity index (χ1v) is 9.29. The fourth-order valence-corrected chi connectivity index (χ4v) is 4.01. The fraction of sp³-hybridized carbons (Fsp3) is 0.455. The highest BCUT2D eigenvalue weighted by Crippen LogP contribution is 2.24. The lowest BCUT2D eigenvalue weighted by molar-refractivity contribution is 0.0893. The number of amides is 1. The summed E-state index contributed by atoms with van der Waals surface area (Å²) in [6.07, 6.45) is 6.72. The van der Waals surface area contributed by atoms with E-state index in [1.165, 1.54) is 11.1 Å². The van der Waals surface area contributed by atoms with Crippen LogP contribution in [0.25, 0.3) is 0 Å². The van der Waals surface area contributed by atoms with Gasteiger partial charge in [0.2, 0.25) is 0 Å². The molecule has 132 valence electrons. The van der Waals surface area contributed by atoms with Crippen molar-refractivity contribution in [3.05, 3.63) is 65.0 Å². The molecule has 0 bridgehead atoms. The second-order valence-electron chi connectivity index (χ2n) is 7.96. The number of rotatable bonds is 6. The van der Waals surface area contributed by atoms with Crippen LogP contribution < -0.4 is 5.32 Å². The molecule has 3 nitrogen and oxygen atoms in total. The van der Waals surface area contributed by atoms with Crippen LogP contribution in [0.5, 0.6) is 0 Å². The molecule has 0 spiro atoms. The van der Waals surface area contributed by atoms with Crippen molar-refractivity contribution in [1.29, 1.82) is 0 Å². The van der Waals surface area contributed by atoms with E-state index in [4.69, 9.17) is 0 Å². The van der Waals surface area contributed by atoms with Crippen molar-refractivity contribution in [2.75, 3.05) is 0 Å². The molecule has 1 aromatic heterocycles. The van der Waals surface area contributed by atoms with E-state index in [0.717, 1.165) is 37.8 Å². The first-order valence-electron chi connectivity index (χ1n) is 9.29. The second kappa shape index (κ2) is 7.38. The number of aromatic nitrogens is 1. The van der Waals surface area contributed by atoms with Gasteiger partial charge in [0, 0.05) is 17.4 Å². The number of hydrogen-bond acceptors (Lipinski definition) is 2. The van der Waals surface area contributed by atoms with Crippen molar-refractivity contribution < 1.29 is 4.79 Å². The molecule has 1 amide bonds. The Morgan fingerprint density at radius 3 is 2.72 bits per heavy atom. The summed E-state index contributed by atoms with van der Waals surface area (Å²) in [4.78, 5) is 17.4. The zero-order valence-corrected chi connectivity index (χ0v) is 15.5. The first kappa shape index (κ1) is 17.7. The molecule has 1 N–H and O–H groups in total. The Labute approximate surface area is 150 Å². The minimum Gasteiger partial charge on any atom is -0.346 e. The number of nitrogens with one attached hydrogen (secondary N) is 1. The van der Waals surface area contributed by atoms with Crippen LogP contribution in [0.4, 0.5) is 0 Å². The van der Waals surface area contributed by atoms with Crippen LogP contribution >= 0.6 is 0 Å². The predicted molar refractivity (Wildman–Crippen MR) is 102 cm³/mol. The van der Waals surface area contributed by atoms with Crippen molar-refractivity contribution in [2.24, 2.45) is 5.92 Å². The molecule has 0 fully saturated rings. The van der Waals surface area contributed by atoms with Crippen molar-refractivity contribution >= 4 is 5.91 Å². The van der Waals surface area contributed by atoms with Gasteiger partial charge in [-0.1, -0.05) is 44.2 Å². The molecule has 0 aliphatic heterocycles. The maximum Gasteiger partial charge on any atom is 0.253 e. The smallest absolute Gasteiger partial charge is 0.253 e. The summed E-state index contributed by atoms with van der Waals surface area (Å²) in [5.41, 5.74) is 4.06. The van der Waals surface area contributed by atoms with Crippen molar-refractivity contribution in [2.45, 2.75) is 58.4 Å². The van der Waals surface area contributed by atoms with Gasteiger partial charge >= 0.3 is 0 Å². The molecule has 3 heteroatoms. The van der Waals surface area contributed by atoms with E-state index < -0.39 is 0 Å². The van der Waals surface area contributed by atoms with Gasteiger partial charge in [0.05, 0.1) is 5.56 Å². The number of nitrogens with zero attached hydrogens (tertiary/aromatic N) is 1. The normalized spacial score (nSPS) is 15.7. The van der Waals surface area contributed by atoms with Gasteiger partial charge in [0.1, 0.15) is 0 Å². The minimum absolute atomic E-state index is 0.0127. The molecule has 1 heterocycles. The van der Waals surface area contributed by atoms with E-state index >= 15 is 0 Å². The van der Waals surface area contributed by atoms with Gasteiger partial charge in [-0.3, -0.25) is 9.78 Å². The van der Waals surface area contributed by atoms with Crippen molar-refractivity contribution in [3.63, 3.8) is 0 Å². The third-order valence-corrected chi connectivity index (χ3v) is 4.89. The number of benzene rings is 1. The van der Waals surface area contributed by atoms with E-state index in [2.05, 4.69) is 55.3 Å². The lowest BCUT2D eigenvalue weighted by Gasteiger charge is -2.33. The third kappa shape index (κ3) is 4.47. The fourth-order valence-electron chi connectivity index (χ4n) is 4.01. The zero-order chi connectivity index (χ0) is 17.9. The Morgan fingerprint density at radius 2 is 2.00 bits per heavy atom. The molecule has 1 aliphatic carbocycles. The highest BCUT2D eigenvalue weighted by molar-refractivity contribution is 5.94. The molecular weight excluding hydrogens is 308 g/mol. The number of aryl methyl sites for hydroxylation is 2. The molecule has 1 unspecified atom stereocenters. The summed E-state index contributed by atoms with van der Waals surface area (Å²) in [6.45, 7) is 6.55. The largest absolute Gasteiger partial charge is 0.346 e. The van der Waals surface area contributed by atoms with Crippen LogP contribution in [0, 0.1) is 5.92 Å². The van der Waals surface area contributed by atoms with Crippen molar-refractivity contribution in [3.8, 4) is 0 Å². The van der Waals surface area contributed by atoms with E-state index in [9.17, 15) is 4.79 Å². The number of fused-ring (bicyclic) bond motifs is 1. The highest BCUT2D eigenvalue weighted by Gasteiger charge is 2.29. The molecular formula is C22H28N2O. The van der Waals surface area contributed by atoms with Gasteiger partial charge in [0.15, 0.2) is 0 Å². The van der Waals surface area contributed by atoms with Gasteiger partial charge in [0.25, 0.3) is 5.91 Å². The number of hydrogen-bond donors (Lipinski definition) is 1. The second-order valence-corrected chi connectivity index (χ2v) is 7.96. The molecule has 1 atom stereocenters. The van der Waals surface area contributed by atoms with E-state index in [1.807, 2.05) is 12.1 Å². The molecule has 3 rings (SSSR count). The van der Waals surface area contributed by atoms with Gasteiger partial charge < -0.3 is 5.32 Å². The molecule has 1 aliphatic rings. The summed E-state index contributed by atoms with van der Waals surface area (Å²) >= 11 is 0. The lowest BCUT2D eigenvalue weighted by atomic mass is 9.84. The van der Waals surface area contributed by atoms with E-state index in [1.54, 1.807) is 6.20 Å². The van der Waals surface area contributed by atoms with Gasteiger partial charge in [-0.15, -0.1) is 0 Å². The lowest BCUT2D eigenvalue weighted by Crippen LogP contribution is -2.48. The van der Waals surface area contributed by atoms with Crippen LogP contribution in [0.2, 0.25) is 0 Å². The summed E-state index contributed by atoms with van der Waals surface area (Å²) in [5.74, 6) is 0.494. The zero-order valence-electron chi connectivity index (χ0n) is 15.5. The summed E-state index contributed by atoms with van der Waals surface area (Å²) in [6, 6.07) is 12.4. The SMILES string of the molecule is CC(C)CC(C)(Cc1ccccc1)NC(=O)c1cnc2c(c1)CCC2.